The van der Waals surface area contributed by atoms with E-state index in [2.05, 4.69) is 0 Å². The Balaban J connectivity index is 2.32. The van der Waals surface area contributed by atoms with Crippen molar-refractivity contribution < 1.29 is 9.90 Å². The van der Waals surface area contributed by atoms with E-state index in [1.54, 1.807) is 0 Å². The molecule has 1 unspecified atom stereocenters. The smallest absolute Gasteiger partial charge is 0.158 e. The minimum atomic E-state index is -0.668. The van der Waals surface area contributed by atoms with Crippen LogP contribution in [0.5, 0.6) is 0 Å². The van der Waals surface area contributed by atoms with Gasteiger partial charge in [0, 0.05) is 0 Å². The lowest BCUT2D eigenvalue weighted by molar-refractivity contribution is -0.129. The minimum Gasteiger partial charge on any atom is -0.385 e. The van der Waals surface area contributed by atoms with Gasteiger partial charge in [-0.3, -0.25) is 4.79 Å². The molecule has 0 aromatic carbocycles. The SMILES string of the molecule is CC(=O)C(O)C1CCC1. The van der Waals surface area contributed by atoms with Crippen molar-refractivity contribution in [3.05, 3.63) is 0 Å². The summed E-state index contributed by atoms with van der Waals surface area (Å²) in [6.45, 7) is 1.45. The maximum absolute atomic E-state index is 10.5. The topological polar surface area (TPSA) is 37.3 Å². The van der Waals surface area contributed by atoms with Gasteiger partial charge in [0.25, 0.3) is 0 Å². The summed E-state index contributed by atoms with van der Waals surface area (Å²) in [5.74, 6) is 0.196. The van der Waals surface area contributed by atoms with E-state index in [9.17, 15) is 4.79 Å². The van der Waals surface area contributed by atoms with Gasteiger partial charge in [-0.25, -0.2) is 0 Å². The van der Waals surface area contributed by atoms with Gasteiger partial charge in [-0.2, -0.15) is 0 Å². The molecule has 0 heterocycles. The molecule has 0 radical (unpaired) electrons. The Morgan fingerprint density at radius 1 is 1.67 bits per heavy atom. The summed E-state index contributed by atoms with van der Waals surface area (Å²) in [7, 11) is 0. The molecule has 0 bridgehead atoms. The normalized spacial score (nSPS) is 22.9. The number of carbonyl (C=O) groups is 1. The molecular formula is C7H12O2. The molecule has 2 nitrogen and oxygen atoms in total. The highest BCUT2D eigenvalue weighted by atomic mass is 16.3. The Morgan fingerprint density at radius 2 is 2.22 bits per heavy atom. The maximum atomic E-state index is 10.5. The first kappa shape index (κ1) is 6.75. The van der Waals surface area contributed by atoms with Crippen LogP contribution >= 0.6 is 0 Å². The number of rotatable bonds is 2. The Morgan fingerprint density at radius 3 is 2.33 bits per heavy atom. The van der Waals surface area contributed by atoms with E-state index in [1.807, 2.05) is 0 Å². The first-order valence-corrected chi connectivity index (χ1v) is 3.40. The lowest BCUT2D eigenvalue weighted by atomic mass is 9.80. The first-order chi connectivity index (χ1) is 4.22. The van der Waals surface area contributed by atoms with Crippen LogP contribution in [0.15, 0.2) is 0 Å². The Kier molecular flexibility index (Phi) is 1.86. The van der Waals surface area contributed by atoms with Crippen LogP contribution < -0.4 is 0 Å². The molecule has 0 aromatic heterocycles. The fourth-order valence-electron chi connectivity index (χ4n) is 1.09. The Hall–Kier alpha value is -0.370. The van der Waals surface area contributed by atoms with E-state index in [4.69, 9.17) is 5.11 Å². The molecule has 0 saturated heterocycles. The van der Waals surface area contributed by atoms with Crippen LogP contribution in [-0.2, 0) is 4.79 Å². The number of hydrogen-bond donors (Lipinski definition) is 1. The average Bonchev–Trinajstić information content (AvgIpc) is 1.60. The van der Waals surface area contributed by atoms with Crippen LogP contribution in [-0.4, -0.2) is 17.0 Å². The fraction of sp³-hybridized carbons (Fsp3) is 0.857. The van der Waals surface area contributed by atoms with E-state index in [0.717, 1.165) is 12.8 Å². The molecule has 1 saturated carbocycles. The standard InChI is InChI=1S/C7H12O2/c1-5(8)7(9)6-3-2-4-6/h6-7,9H,2-4H2,1H3. The second-order valence-corrected chi connectivity index (χ2v) is 2.75. The average molecular weight is 128 g/mol. The summed E-state index contributed by atoms with van der Waals surface area (Å²) in [6.07, 6.45) is 2.56. The Bertz CT molecular complexity index is 116. The number of ketones is 1. The highest BCUT2D eigenvalue weighted by Crippen LogP contribution is 2.29. The van der Waals surface area contributed by atoms with Crippen LogP contribution in [0.2, 0.25) is 0 Å². The zero-order valence-electron chi connectivity index (χ0n) is 5.63. The second kappa shape index (κ2) is 2.48. The second-order valence-electron chi connectivity index (χ2n) is 2.75. The van der Waals surface area contributed by atoms with Crippen molar-refractivity contribution in [1.29, 1.82) is 0 Å². The zero-order chi connectivity index (χ0) is 6.85. The monoisotopic (exact) mass is 128 g/mol. The van der Waals surface area contributed by atoms with Crippen LogP contribution in [0, 0.1) is 5.92 Å². The predicted octanol–water partition coefficient (Wildman–Crippen LogP) is 0.736. The van der Waals surface area contributed by atoms with Crippen molar-refractivity contribution in [3.8, 4) is 0 Å². The van der Waals surface area contributed by atoms with E-state index < -0.39 is 6.10 Å². The molecule has 0 amide bonds. The Labute approximate surface area is 54.9 Å². The van der Waals surface area contributed by atoms with Gasteiger partial charge in [0.2, 0.25) is 0 Å². The number of carbonyl (C=O) groups excluding carboxylic acids is 1. The van der Waals surface area contributed by atoms with Gasteiger partial charge in [0.05, 0.1) is 0 Å². The predicted molar refractivity (Wildman–Crippen MR) is 34.0 cm³/mol. The van der Waals surface area contributed by atoms with Crippen molar-refractivity contribution in [2.75, 3.05) is 0 Å². The fourth-order valence-corrected chi connectivity index (χ4v) is 1.09. The van der Waals surface area contributed by atoms with Gasteiger partial charge in [0.15, 0.2) is 5.78 Å². The summed E-state index contributed by atoms with van der Waals surface area (Å²) >= 11 is 0. The highest BCUT2D eigenvalue weighted by molar-refractivity contribution is 5.80. The molecule has 0 aromatic rings. The van der Waals surface area contributed by atoms with Crippen LogP contribution in [0.4, 0.5) is 0 Å². The third kappa shape index (κ3) is 1.30. The third-order valence-electron chi connectivity index (χ3n) is 2.01. The third-order valence-corrected chi connectivity index (χ3v) is 2.01. The van der Waals surface area contributed by atoms with Crippen molar-refractivity contribution >= 4 is 5.78 Å². The van der Waals surface area contributed by atoms with Crippen LogP contribution in [0.1, 0.15) is 26.2 Å². The van der Waals surface area contributed by atoms with E-state index >= 15 is 0 Å². The van der Waals surface area contributed by atoms with Crippen molar-refractivity contribution in [2.45, 2.75) is 32.3 Å². The molecule has 1 rings (SSSR count). The molecule has 0 aliphatic heterocycles. The summed E-state index contributed by atoms with van der Waals surface area (Å²) in [5.41, 5.74) is 0. The summed E-state index contributed by atoms with van der Waals surface area (Å²) in [4.78, 5) is 10.5. The van der Waals surface area contributed by atoms with E-state index in [-0.39, 0.29) is 11.7 Å². The number of hydrogen-bond acceptors (Lipinski definition) is 2. The maximum Gasteiger partial charge on any atom is 0.158 e. The molecular weight excluding hydrogens is 116 g/mol. The molecule has 2 heteroatoms. The number of aliphatic hydroxyl groups is 1. The molecule has 1 N–H and O–H groups in total. The first-order valence-electron chi connectivity index (χ1n) is 3.40. The van der Waals surface area contributed by atoms with Gasteiger partial charge >= 0.3 is 0 Å². The largest absolute Gasteiger partial charge is 0.385 e. The molecule has 9 heavy (non-hydrogen) atoms. The van der Waals surface area contributed by atoms with Crippen LogP contribution in [0.3, 0.4) is 0 Å². The molecule has 1 aliphatic rings. The summed E-state index contributed by atoms with van der Waals surface area (Å²) < 4.78 is 0. The van der Waals surface area contributed by atoms with Gasteiger partial charge in [-0.1, -0.05) is 6.42 Å². The van der Waals surface area contributed by atoms with Crippen molar-refractivity contribution in [3.63, 3.8) is 0 Å². The van der Waals surface area contributed by atoms with Gasteiger partial charge in [-0.05, 0) is 25.7 Å². The van der Waals surface area contributed by atoms with Crippen LogP contribution in [0.25, 0.3) is 0 Å². The highest BCUT2D eigenvalue weighted by Gasteiger charge is 2.27. The molecule has 1 atom stereocenters. The van der Waals surface area contributed by atoms with Gasteiger partial charge < -0.3 is 5.11 Å². The quantitative estimate of drug-likeness (QED) is 0.595. The molecule has 52 valence electrons. The number of Topliss-reactive ketones (excluding diaryl/α,β-unsaturated/α-hetero) is 1. The molecule has 1 fully saturated rings. The zero-order valence-corrected chi connectivity index (χ0v) is 5.63. The van der Waals surface area contributed by atoms with Crippen molar-refractivity contribution in [2.24, 2.45) is 5.92 Å². The van der Waals surface area contributed by atoms with E-state index in [1.165, 1.54) is 13.3 Å². The van der Waals surface area contributed by atoms with Gasteiger partial charge in [0.1, 0.15) is 6.10 Å². The molecule has 1 aliphatic carbocycles. The summed E-state index contributed by atoms with van der Waals surface area (Å²) in [5, 5.41) is 9.10. The molecule has 0 spiro atoms. The number of aliphatic hydroxyl groups excluding tert-OH is 1. The van der Waals surface area contributed by atoms with Gasteiger partial charge in [-0.15, -0.1) is 0 Å². The van der Waals surface area contributed by atoms with E-state index in [0.29, 0.717) is 0 Å². The lowest BCUT2D eigenvalue weighted by Gasteiger charge is -2.28. The van der Waals surface area contributed by atoms with Crippen molar-refractivity contribution in [1.82, 2.24) is 0 Å². The summed E-state index contributed by atoms with van der Waals surface area (Å²) in [6, 6.07) is 0. The minimum absolute atomic E-state index is 0.0836. The lowest BCUT2D eigenvalue weighted by Crippen LogP contribution is -2.32.